The summed E-state index contributed by atoms with van der Waals surface area (Å²) in [4.78, 5) is 36.9. The summed E-state index contributed by atoms with van der Waals surface area (Å²) in [5.41, 5.74) is 3.28. The summed E-state index contributed by atoms with van der Waals surface area (Å²) in [6.07, 6.45) is 2.31. The molecule has 0 saturated heterocycles. The fraction of sp³-hybridized carbons (Fsp3) is 0.286. The predicted octanol–water partition coefficient (Wildman–Crippen LogP) is 3.55. The lowest BCUT2D eigenvalue weighted by Gasteiger charge is -2.13. The fourth-order valence-corrected chi connectivity index (χ4v) is 3.70. The number of hydrogen-bond acceptors (Lipinski definition) is 5. The molecule has 28 heavy (non-hydrogen) atoms. The number of para-hydroxylation sites is 1. The van der Waals surface area contributed by atoms with E-state index in [-0.39, 0.29) is 5.75 Å². The molecule has 6 nitrogen and oxygen atoms in total. The van der Waals surface area contributed by atoms with Gasteiger partial charge in [0.1, 0.15) is 0 Å². The summed E-state index contributed by atoms with van der Waals surface area (Å²) < 4.78 is 5.13. The third-order valence-electron chi connectivity index (χ3n) is 4.37. The van der Waals surface area contributed by atoms with Gasteiger partial charge in [0.2, 0.25) is 0 Å². The van der Waals surface area contributed by atoms with Crippen molar-refractivity contribution in [1.29, 1.82) is 0 Å². The van der Waals surface area contributed by atoms with Crippen molar-refractivity contribution in [2.45, 2.75) is 37.2 Å². The van der Waals surface area contributed by atoms with Gasteiger partial charge in [-0.2, -0.15) is 0 Å². The Morgan fingerprint density at radius 3 is 2.61 bits per heavy atom. The van der Waals surface area contributed by atoms with Crippen LogP contribution in [0.2, 0.25) is 0 Å². The number of carbonyl (C=O) groups excluding carboxylic acids is 3. The van der Waals surface area contributed by atoms with Crippen LogP contribution in [-0.4, -0.2) is 29.8 Å². The molecule has 146 valence electrons. The number of anilines is 1. The highest BCUT2D eigenvalue weighted by Gasteiger charge is 2.20. The van der Waals surface area contributed by atoms with Gasteiger partial charge in [-0.3, -0.25) is 14.9 Å². The normalized spacial score (nSPS) is 13.3. The number of urea groups is 1. The highest BCUT2D eigenvalue weighted by molar-refractivity contribution is 8.00. The molecule has 0 aliphatic heterocycles. The van der Waals surface area contributed by atoms with E-state index in [9.17, 15) is 14.4 Å². The molecule has 0 heterocycles. The number of carbonyl (C=O) groups is 3. The van der Waals surface area contributed by atoms with Gasteiger partial charge in [-0.1, -0.05) is 24.3 Å². The Hall–Kier alpha value is -2.80. The van der Waals surface area contributed by atoms with Crippen LogP contribution in [0.1, 0.15) is 24.5 Å². The second-order valence-corrected chi connectivity index (χ2v) is 7.56. The van der Waals surface area contributed by atoms with Gasteiger partial charge in [0.25, 0.3) is 5.91 Å². The molecule has 2 aromatic rings. The van der Waals surface area contributed by atoms with Crippen LogP contribution >= 0.6 is 11.8 Å². The molecule has 1 atom stereocenters. The maximum Gasteiger partial charge on any atom is 0.325 e. The van der Waals surface area contributed by atoms with E-state index in [1.54, 1.807) is 24.3 Å². The van der Waals surface area contributed by atoms with E-state index < -0.39 is 24.0 Å². The summed E-state index contributed by atoms with van der Waals surface area (Å²) in [7, 11) is 0. The Morgan fingerprint density at radius 1 is 1.07 bits per heavy atom. The van der Waals surface area contributed by atoms with Crippen molar-refractivity contribution in [2.75, 3.05) is 11.1 Å². The van der Waals surface area contributed by atoms with Crippen LogP contribution in [0.4, 0.5) is 10.5 Å². The van der Waals surface area contributed by atoms with E-state index in [0.717, 1.165) is 17.7 Å². The topological polar surface area (TPSA) is 84.5 Å². The molecule has 3 amide bonds. The van der Waals surface area contributed by atoms with Gasteiger partial charge in [-0.05, 0) is 61.6 Å². The Balaban J connectivity index is 1.41. The SMILES string of the molecule is CC(OC(=O)CSc1ccc2c(c1)CCC2)C(=O)NC(=O)Nc1ccccc1. The molecule has 0 aromatic heterocycles. The van der Waals surface area contributed by atoms with Crippen molar-refractivity contribution in [3.05, 3.63) is 59.7 Å². The van der Waals surface area contributed by atoms with Gasteiger partial charge in [-0.15, -0.1) is 11.8 Å². The first-order chi connectivity index (χ1) is 13.5. The van der Waals surface area contributed by atoms with Gasteiger partial charge in [-0.25, -0.2) is 4.79 Å². The first-order valence-corrected chi connectivity index (χ1v) is 10.1. The fourth-order valence-electron chi connectivity index (χ4n) is 2.96. The number of amides is 3. The second kappa shape index (κ2) is 9.41. The van der Waals surface area contributed by atoms with Gasteiger partial charge in [0, 0.05) is 10.6 Å². The number of ether oxygens (including phenoxy) is 1. The second-order valence-electron chi connectivity index (χ2n) is 6.51. The van der Waals surface area contributed by atoms with Crippen molar-refractivity contribution in [3.63, 3.8) is 0 Å². The number of fused-ring (bicyclic) bond motifs is 1. The molecule has 2 N–H and O–H groups in total. The van der Waals surface area contributed by atoms with E-state index >= 15 is 0 Å². The molecule has 1 unspecified atom stereocenters. The summed E-state index contributed by atoms with van der Waals surface area (Å²) in [6.45, 7) is 1.43. The number of nitrogens with one attached hydrogen (secondary N) is 2. The maximum atomic E-state index is 12.0. The Bertz CT molecular complexity index is 870. The van der Waals surface area contributed by atoms with Crippen LogP contribution in [-0.2, 0) is 27.2 Å². The molecule has 0 bridgehead atoms. The van der Waals surface area contributed by atoms with E-state index in [0.29, 0.717) is 5.69 Å². The smallest absolute Gasteiger partial charge is 0.325 e. The van der Waals surface area contributed by atoms with Crippen LogP contribution in [0.15, 0.2) is 53.4 Å². The Labute approximate surface area is 168 Å². The van der Waals surface area contributed by atoms with Crippen LogP contribution in [0.5, 0.6) is 0 Å². The van der Waals surface area contributed by atoms with Crippen LogP contribution in [0.3, 0.4) is 0 Å². The zero-order valence-corrected chi connectivity index (χ0v) is 16.4. The molecular weight excluding hydrogens is 376 g/mol. The van der Waals surface area contributed by atoms with E-state index in [2.05, 4.69) is 22.8 Å². The molecule has 2 aromatic carbocycles. The minimum Gasteiger partial charge on any atom is -0.452 e. The maximum absolute atomic E-state index is 12.0. The number of thioether (sulfide) groups is 1. The third kappa shape index (κ3) is 5.60. The van der Waals surface area contributed by atoms with Crippen LogP contribution in [0, 0.1) is 0 Å². The standard InChI is InChI=1S/C21H22N2O4S/c1-14(20(25)23-21(26)22-17-8-3-2-4-9-17)27-19(24)13-28-18-11-10-15-6-5-7-16(15)12-18/h2-4,8-12,14H,5-7,13H2,1H3,(H2,22,23,25,26). The molecule has 0 saturated carbocycles. The van der Waals surface area contributed by atoms with Crippen LogP contribution in [0.25, 0.3) is 0 Å². The summed E-state index contributed by atoms with van der Waals surface area (Å²) in [5, 5.41) is 4.70. The zero-order chi connectivity index (χ0) is 19.9. The zero-order valence-electron chi connectivity index (χ0n) is 15.6. The predicted molar refractivity (Wildman–Crippen MR) is 108 cm³/mol. The number of rotatable bonds is 6. The van der Waals surface area contributed by atoms with Crippen molar-refractivity contribution in [2.24, 2.45) is 0 Å². The minimum absolute atomic E-state index is 0.104. The molecule has 1 aliphatic carbocycles. The number of esters is 1. The summed E-state index contributed by atoms with van der Waals surface area (Å²) >= 11 is 1.38. The highest BCUT2D eigenvalue weighted by Crippen LogP contribution is 2.27. The quantitative estimate of drug-likeness (QED) is 0.574. The third-order valence-corrected chi connectivity index (χ3v) is 5.34. The summed E-state index contributed by atoms with van der Waals surface area (Å²) in [5.74, 6) is -1.08. The van der Waals surface area contributed by atoms with Gasteiger partial charge < -0.3 is 10.1 Å². The van der Waals surface area contributed by atoms with Gasteiger partial charge in [0.15, 0.2) is 6.10 Å². The summed E-state index contributed by atoms with van der Waals surface area (Å²) in [6, 6.07) is 14.3. The lowest BCUT2D eigenvalue weighted by Crippen LogP contribution is -2.41. The first-order valence-electron chi connectivity index (χ1n) is 9.12. The Morgan fingerprint density at radius 2 is 1.82 bits per heavy atom. The molecule has 7 heteroatoms. The number of hydrogen-bond donors (Lipinski definition) is 2. The number of benzene rings is 2. The van der Waals surface area contributed by atoms with Crippen molar-refractivity contribution >= 4 is 35.4 Å². The van der Waals surface area contributed by atoms with E-state index in [1.165, 1.54) is 36.2 Å². The van der Waals surface area contributed by atoms with Gasteiger partial charge in [0.05, 0.1) is 5.75 Å². The first kappa shape index (κ1) is 19.9. The minimum atomic E-state index is -1.06. The van der Waals surface area contributed by atoms with Crippen molar-refractivity contribution < 1.29 is 19.1 Å². The number of aryl methyl sites for hydroxylation is 2. The molecule has 1 aliphatic rings. The molecule has 0 spiro atoms. The lowest BCUT2D eigenvalue weighted by atomic mass is 10.1. The molecule has 0 fully saturated rings. The monoisotopic (exact) mass is 398 g/mol. The highest BCUT2D eigenvalue weighted by atomic mass is 32.2. The molecule has 3 rings (SSSR count). The lowest BCUT2D eigenvalue weighted by molar-refractivity contribution is -0.151. The van der Waals surface area contributed by atoms with E-state index in [4.69, 9.17) is 4.74 Å². The largest absolute Gasteiger partial charge is 0.452 e. The average Bonchev–Trinajstić information content (AvgIpc) is 3.14. The van der Waals surface area contributed by atoms with E-state index in [1.807, 2.05) is 12.1 Å². The molecule has 0 radical (unpaired) electrons. The van der Waals surface area contributed by atoms with Crippen LogP contribution < -0.4 is 10.6 Å². The van der Waals surface area contributed by atoms with Crippen molar-refractivity contribution in [3.8, 4) is 0 Å². The van der Waals surface area contributed by atoms with Crippen molar-refractivity contribution in [1.82, 2.24) is 5.32 Å². The Kier molecular flexibility index (Phi) is 6.71. The molecular formula is C21H22N2O4S. The number of imide groups is 1. The van der Waals surface area contributed by atoms with Gasteiger partial charge >= 0.3 is 12.0 Å². The average molecular weight is 398 g/mol.